The van der Waals surface area contributed by atoms with E-state index in [2.05, 4.69) is 11.5 Å². The SMILES string of the molecule is C=C(Oc1ccc2c(CN3CCC(C(=O)O)CC3)coc2c1)Sc1ccccc1N. The van der Waals surface area contributed by atoms with E-state index >= 15 is 0 Å². The highest BCUT2D eigenvalue weighted by Gasteiger charge is 2.25. The Hall–Kier alpha value is -2.90. The Bertz CT molecular complexity index is 1070. The first-order valence-electron chi connectivity index (χ1n) is 9.84. The first-order chi connectivity index (χ1) is 14.5. The number of thioether (sulfide) groups is 1. The van der Waals surface area contributed by atoms with Crippen LogP contribution < -0.4 is 10.5 Å². The number of para-hydroxylation sites is 1. The zero-order valence-electron chi connectivity index (χ0n) is 16.5. The third-order valence-corrected chi connectivity index (χ3v) is 6.24. The van der Waals surface area contributed by atoms with Crippen LogP contribution >= 0.6 is 11.8 Å². The van der Waals surface area contributed by atoms with Gasteiger partial charge in [-0.25, -0.2) is 0 Å². The molecule has 0 atom stereocenters. The molecule has 0 saturated carbocycles. The Balaban J connectivity index is 1.39. The summed E-state index contributed by atoms with van der Waals surface area (Å²) in [6, 6.07) is 13.3. The van der Waals surface area contributed by atoms with Gasteiger partial charge >= 0.3 is 5.97 Å². The van der Waals surface area contributed by atoms with Gasteiger partial charge in [-0.1, -0.05) is 23.9 Å². The summed E-state index contributed by atoms with van der Waals surface area (Å²) in [7, 11) is 0. The Labute approximate surface area is 179 Å². The van der Waals surface area contributed by atoms with Gasteiger partial charge in [-0.15, -0.1) is 0 Å². The number of nitrogen functional groups attached to an aromatic ring is 1. The number of hydrogen-bond donors (Lipinski definition) is 2. The first-order valence-corrected chi connectivity index (χ1v) is 10.7. The van der Waals surface area contributed by atoms with E-state index in [1.54, 1.807) is 6.26 Å². The number of carboxylic acids is 1. The third-order valence-electron chi connectivity index (χ3n) is 5.33. The molecular formula is C23H24N2O4S. The lowest BCUT2D eigenvalue weighted by molar-refractivity contribution is -0.143. The average molecular weight is 425 g/mol. The quantitative estimate of drug-likeness (QED) is 0.315. The van der Waals surface area contributed by atoms with Crippen LogP contribution in [0.2, 0.25) is 0 Å². The van der Waals surface area contributed by atoms with E-state index in [4.69, 9.17) is 20.0 Å². The van der Waals surface area contributed by atoms with Gasteiger partial charge in [0.1, 0.15) is 11.3 Å². The molecule has 3 aromatic rings. The number of carbonyl (C=O) groups is 1. The predicted molar refractivity (Wildman–Crippen MR) is 118 cm³/mol. The number of fused-ring (bicyclic) bond motifs is 1. The first kappa shape index (κ1) is 20.4. The van der Waals surface area contributed by atoms with Crippen LogP contribution in [-0.2, 0) is 11.3 Å². The van der Waals surface area contributed by atoms with E-state index < -0.39 is 5.97 Å². The molecule has 0 unspecified atom stereocenters. The summed E-state index contributed by atoms with van der Waals surface area (Å²) in [5.41, 5.74) is 8.50. The lowest BCUT2D eigenvalue weighted by Gasteiger charge is -2.29. The van der Waals surface area contributed by atoms with Gasteiger partial charge in [-0.2, -0.15) is 0 Å². The predicted octanol–water partition coefficient (Wildman–Crippen LogP) is 4.95. The summed E-state index contributed by atoms with van der Waals surface area (Å²) >= 11 is 1.38. The number of carboxylic acid groups (broad SMARTS) is 1. The zero-order chi connectivity index (χ0) is 21.1. The minimum absolute atomic E-state index is 0.223. The van der Waals surface area contributed by atoms with Crippen LogP contribution in [-0.4, -0.2) is 29.1 Å². The standard InChI is InChI=1S/C23H24N2O4S/c1-15(30-22-5-3-2-4-20(22)24)29-18-6-7-19-17(14-28-21(19)12-18)13-25-10-8-16(9-11-25)23(26)27/h2-7,12,14,16H,1,8-11,13,24H2,(H,26,27). The lowest BCUT2D eigenvalue weighted by Crippen LogP contribution is -2.35. The number of piperidine rings is 1. The Morgan fingerprint density at radius 3 is 2.77 bits per heavy atom. The molecule has 1 saturated heterocycles. The van der Waals surface area contributed by atoms with Crippen molar-refractivity contribution in [1.82, 2.24) is 4.90 Å². The Morgan fingerprint density at radius 1 is 1.27 bits per heavy atom. The number of benzene rings is 2. The molecular weight excluding hydrogens is 400 g/mol. The molecule has 1 fully saturated rings. The van der Waals surface area contributed by atoms with Gasteiger partial charge < -0.3 is 20.0 Å². The van der Waals surface area contributed by atoms with E-state index in [0.717, 1.165) is 41.1 Å². The number of rotatable bonds is 7. The zero-order valence-corrected chi connectivity index (χ0v) is 17.4. The van der Waals surface area contributed by atoms with Crippen LogP contribution in [0.5, 0.6) is 5.75 Å². The molecule has 0 spiro atoms. The molecule has 1 aromatic heterocycles. The van der Waals surface area contributed by atoms with Gasteiger partial charge in [-0.3, -0.25) is 9.69 Å². The highest BCUT2D eigenvalue weighted by Crippen LogP contribution is 2.33. The van der Waals surface area contributed by atoms with Crippen molar-refractivity contribution in [2.45, 2.75) is 24.3 Å². The summed E-state index contributed by atoms with van der Waals surface area (Å²) in [4.78, 5) is 14.3. The van der Waals surface area contributed by atoms with Crippen molar-refractivity contribution >= 4 is 34.4 Å². The second-order valence-corrected chi connectivity index (χ2v) is 8.52. The molecule has 3 N–H and O–H groups in total. The monoisotopic (exact) mass is 424 g/mol. The summed E-state index contributed by atoms with van der Waals surface area (Å²) in [5, 5.41) is 10.7. The van der Waals surface area contributed by atoms with Crippen LogP contribution in [0.1, 0.15) is 18.4 Å². The second kappa shape index (κ2) is 8.85. The Morgan fingerprint density at radius 2 is 2.03 bits per heavy atom. The van der Waals surface area contributed by atoms with Crippen LogP contribution in [0, 0.1) is 5.92 Å². The van der Waals surface area contributed by atoms with Crippen molar-refractivity contribution in [2.75, 3.05) is 18.8 Å². The van der Waals surface area contributed by atoms with Crippen molar-refractivity contribution in [1.29, 1.82) is 0 Å². The van der Waals surface area contributed by atoms with Crippen LogP contribution in [0.25, 0.3) is 11.0 Å². The third kappa shape index (κ3) is 4.63. The fourth-order valence-corrected chi connectivity index (χ4v) is 4.39. The maximum atomic E-state index is 11.1. The smallest absolute Gasteiger partial charge is 0.306 e. The number of hydrogen-bond acceptors (Lipinski definition) is 6. The molecule has 1 aliphatic heterocycles. The van der Waals surface area contributed by atoms with E-state index in [1.165, 1.54) is 11.8 Å². The van der Waals surface area contributed by atoms with E-state index in [-0.39, 0.29) is 5.92 Å². The van der Waals surface area contributed by atoms with Crippen LogP contribution in [0.4, 0.5) is 5.69 Å². The molecule has 4 rings (SSSR count). The largest absolute Gasteiger partial charge is 0.481 e. The molecule has 7 heteroatoms. The summed E-state index contributed by atoms with van der Waals surface area (Å²) in [5.74, 6) is -0.262. The van der Waals surface area contributed by atoms with Crippen molar-refractivity contribution in [3.8, 4) is 5.75 Å². The van der Waals surface area contributed by atoms with Gasteiger partial charge in [0.25, 0.3) is 0 Å². The molecule has 0 amide bonds. The number of furan rings is 1. The number of anilines is 1. The van der Waals surface area contributed by atoms with Gasteiger partial charge in [-0.05, 0) is 56.8 Å². The molecule has 0 bridgehead atoms. The topological polar surface area (TPSA) is 88.9 Å². The highest BCUT2D eigenvalue weighted by molar-refractivity contribution is 8.03. The van der Waals surface area contributed by atoms with Crippen molar-refractivity contribution in [3.63, 3.8) is 0 Å². The number of nitrogens with zero attached hydrogens (tertiary/aromatic N) is 1. The van der Waals surface area contributed by atoms with Crippen LogP contribution in [0.3, 0.4) is 0 Å². The molecule has 2 aromatic carbocycles. The summed E-state index contributed by atoms with van der Waals surface area (Å²) in [6.07, 6.45) is 3.15. The number of aliphatic carboxylic acids is 1. The highest BCUT2D eigenvalue weighted by atomic mass is 32.2. The maximum absolute atomic E-state index is 11.1. The average Bonchev–Trinajstić information content (AvgIpc) is 3.12. The number of likely N-dealkylation sites (tertiary alicyclic amines) is 1. The fraction of sp³-hybridized carbons (Fsp3) is 0.261. The number of ether oxygens (including phenoxy) is 1. The molecule has 30 heavy (non-hydrogen) atoms. The molecule has 1 aliphatic rings. The van der Waals surface area contributed by atoms with Crippen molar-refractivity contribution in [3.05, 3.63) is 66.0 Å². The minimum atomic E-state index is -0.689. The lowest BCUT2D eigenvalue weighted by atomic mass is 9.97. The van der Waals surface area contributed by atoms with Gasteiger partial charge in [0.2, 0.25) is 0 Å². The summed E-state index contributed by atoms with van der Waals surface area (Å²) < 4.78 is 11.6. The minimum Gasteiger partial charge on any atom is -0.481 e. The van der Waals surface area contributed by atoms with E-state index in [0.29, 0.717) is 29.4 Å². The van der Waals surface area contributed by atoms with E-state index in [9.17, 15) is 4.79 Å². The Kier molecular flexibility index (Phi) is 6.01. The van der Waals surface area contributed by atoms with Gasteiger partial charge in [0.15, 0.2) is 5.09 Å². The molecule has 156 valence electrons. The van der Waals surface area contributed by atoms with Gasteiger partial charge in [0, 0.05) is 34.1 Å². The van der Waals surface area contributed by atoms with Crippen molar-refractivity contribution < 1.29 is 19.1 Å². The summed E-state index contributed by atoms with van der Waals surface area (Å²) in [6.45, 7) is 6.28. The van der Waals surface area contributed by atoms with E-state index in [1.807, 2.05) is 42.5 Å². The second-order valence-electron chi connectivity index (χ2n) is 7.42. The maximum Gasteiger partial charge on any atom is 0.306 e. The van der Waals surface area contributed by atoms with Gasteiger partial charge in [0.05, 0.1) is 12.2 Å². The van der Waals surface area contributed by atoms with Crippen LogP contribution in [0.15, 0.2) is 69.7 Å². The molecule has 2 heterocycles. The fourth-order valence-electron chi connectivity index (χ4n) is 3.68. The number of nitrogens with two attached hydrogens (primary N) is 1. The van der Waals surface area contributed by atoms with Crippen molar-refractivity contribution in [2.24, 2.45) is 5.92 Å². The molecule has 0 radical (unpaired) electrons. The molecule has 0 aliphatic carbocycles. The molecule has 6 nitrogen and oxygen atoms in total. The normalized spacial score (nSPS) is 15.3.